The van der Waals surface area contributed by atoms with Gasteiger partial charge < -0.3 is 10.0 Å². The van der Waals surface area contributed by atoms with E-state index in [2.05, 4.69) is 27.7 Å². The van der Waals surface area contributed by atoms with E-state index in [1.165, 1.54) is 0 Å². The highest BCUT2D eigenvalue weighted by atomic mass is 16.4. The third-order valence-corrected chi connectivity index (χ3v) is 3.11. The third-order valence-electron chi connectivity index (χ3n) is 3.11. The van der Waals surface area contributed by atoms with Crippen LogP contribution in [0.4, 0.5) is 4.79 Å². The lowest BCUT2D eigenvalue weighted by molar-refractivity contribution is 0.0439. The van der Waals surface area contributed by atoms with Crippen molar-refractivity contribution in [2.45, 2.75) is 46.6 Å². The highest BCUT2D eigenvalue weighted by molar-refractivity contribution is 5.65. The van der Waals surface area contributed by atoms with Crippen molar-refractivity contribution in [3.8, 4) is 0 Å². The van der Waals surface area contributed by atoms with Crippen LogP contribution in [0.15, 0.2) is 0 Å². The molecule has 1 aliphatic rings. The highest BCUT2D eigenvalue weighted by Gasteiger charge is 2.37. The molecular formula is C11H21NO2. The Bertz CT molecular complexity index is 220. The number of nitrogens with zero attached hydrogens (tertiary/aromatic N) is 1. The monoisotopic (exact) mass is 199 g/mol. The van der Waals surface area contributed by atoms with Gasteiger partial charge in [-0.25, -0.2) is 4.79 Å². The molecule has 0 aromatic heterocycles. The van der Waals surface area contributed by atoms with Crippen molar-refractivity contribution in [1.29, 1.82) is 0 Å². The van der Waals surface area contributed by atoms with Crippen LogP contribution in [-0.4, -0.2) is 28.7 Å². The van der Waals surface area contributed by atoms with E-state index in [0.29, 0.717) is 12.5 Å². The van der Waals surface area contributed by atoms with Gasteiger partial charge in [0.25, 0.3) is 0 Å². The van der Waals surface area contributed by atoms with Gasteiger partial charge in [0, 0.05) is 12.6 Å². The molecular weight excluding hydrogens is 178 g/mol. The molecule has 1 amide bonds. The molecule has 1 rings (SSSR count). The van der Waals surface area contributed by atoms with Crippen molar-refractivity contribution in [1.82, 2.24) is 4.90 Å². The molecule has 1 heterocycles. The molecule has 1 aliphatic heterocycles. The number of carboxylic acid groups (broad SMARTS) is 1. The summed E-state index contributed by atoms with van der Waals surface area (Å²) in [5, 5.41) is 9.08. The van der Waals surface area contributed by atoms with Gasteiger partial charge in [0.2, 0.25) is 0 Å². The van der Waals surface area contributed by atoms with Crippen LogP contribution < -0.4 is 0 Å². The number of hydrogen-bond acceptors (Lipinski definition) is 1. The minimum Gasteiger partial charge on any atom is -0.465 e. The first kappa shape index (κ1) is 11.3. The van der Waals surface area contributed by atoms with E-state index in [-0.39, 0.29) is 11.5 Å². The molecule has 2 atom stereocenters. The summed E-state index contributed by atoms with van der Waals surface area (Å²) in [7, 11) is 0. The summed E-state index contributed by atoms with van der Waals surface area (Å²) >= 11 is 0. The average Bonchev–Trinajstić information content (AvgIpc) is 2.01. The Morgan fingerprint density at radius 1 is 1.43 bits per heavy atom. The van der Waals surface area contributed by atoms with Crippen LogP contribution in [0.3, 0.4) is 0 Å². The van der Waals surface area contributed by atoms with E-state index in [4.69, 9.17) is 5.11 Å². The molecule has 3 nitrogen and oxygen atoms in total. The van der Waals surface area contributed by atoms with E-state index in [1.54, 1.807) is 4.90 Å². The predicted molar refractivity (Wildman–Crippen MR) is 56.4 cm³/mol. The first-order chi connectivity index (χ1) is 6.32. The lowest BCUT2D eigenvalue weighted by Gasteiger charge is -2.43. The maximum atomic E-state index is 11.0. The Labute approximate surface area is 86.1 Å². The second kappa shape index (κ2) is 3.79. The maximum Gasteiger partial charge on any atom is 0.407 e. The van der Waals surface area contributed by atoms with Gasteiger partial charge in [0.1, 0.15) is 0 Å². The van der Waals surface area contributed by atoms with E-state index < -0.39 is 6.09 Å². The molecule has 0 aromatic rings. The number of likely N-dealkylation sites (tertiary alicyclic amines) is 1. The fourth-order valence-corrected chi connectivity index (χ4v) is 2.19. The van der Waals surface area contributed by atoms with Gasteiger partial charge in [-0.05, 0) is 24.2 Å². The molecule has 0 saturated carbocycles. The van der Waals surface area contributed by atoms with Gasteiger partial charge >= 0.3 is 6.09 Å². The third kappa shape index (κ3) is 2.40. The summed E-state index contributed by atoms with van der Waals surface area (Å²) in [6.07, 6.45) is 1.23. The molecule has 0 spiro atoms. The van der Waals surface area contributed by atoms with Crippen LogP contribution in [0.5, 0.6) is 0 Å². The van der Waals surface area contributed by atoms with Crippen LogP contribution in [0.2, 0.25) is 0 Å². The summed E-state index contributed by atoms with van der Waals surface area (Å²) in [5.41, 5.74) is 0.0487. The Hall–Kier alpha value is -0.730. The van der Waals surface area contributed by atoms with E-state index in [1.807, 2.05) is 0 Å². The number of carbonyl (C=O) groups is 1. The molecule has 0 aliphatic carbocycles. The molecule has 0 radical (unpaired) electrons. The van der Waals surface area contributed by atoms with Crippen molar-refractivity contribution < 1.29 is 9.90 Å². The van der Waals surface area contributed by atoms with Crippen LogP contribution in [0.1, 0.15) is 40.5 Å². The summed E-state index contributed by atoms with van der Waals surface area (Å²) in [6, 6.07) is 0.170. The minimum absolute atomic E-state index is 0.0487. The zero-order valence-electron chi connectivity index (χ0n) is 9.58. The summed E-state index contributed by atoms with van der Waals surface area (Å²) < 4.78 is 0. The fourth-order valence-electron chi connectivity index (χ4n) is 2.19. The molecule has 14 heavy (non-hydrogen) atoms. The predicted octanol–water partition coefficient (Wildman–Crippen LogP) is 2.81. The van der Waals surface area contributed by atoms with Crippen molar-refractivity contribution >= 4 is 6.09 Å². The Balaban J connectivity index is 2.79. The molecule has 1 fully saturated rings. The van der Waals surface area contributed by atoms with Crippen LogP contribution >= 0.6 is 0 Å². The van der Waals surface area contributed by atoms with E-state index >= 15 is 0 Å². The molecule has 82 valence electrons. The van der Waals surface area contributed by atoms with Crippen LogP contribution in [-0.2, 0) is 0 Å². The minimum atomic E-state index is -0.767. The van der Waals surface area contributed by atoms with Gasteiger partial charge in [0.05, 0.1) is 0 Å². The number of hydrogen-bond donors (Lipinski definition) is 1. The quantitative estimate of drug-likeness (QED) is 0.651. The second-order valence-corrected chi connectivity index (χ2v) is 5.49. The molecule has 0 aromatic carbocycles. The number of rotatable bonds is 0. The van der Waals surface area contributed by atoms with Gasteiger partial charge in [-0.2, -0.15) is 0 Å². The lowest BCUT2D eigenvalue weighted by atomic mass is 9.77. The second-order valence-electron chi connectivity index (χ2n) is 5.49. The Morgan fingerprint density at radius 3 is 2.43 bits per heavy atom. The maximum absolute atomic E-state index is 11.0. The van der Waals surface area contributed by atoms with Crippen molar-refractivity contribution in [3.63, 3.8) is 0 Å². The summed E-state index contributed by atoms with van der Waals surface area (Å²) in [4.78, 5) is 12.7. The molecule has 2 unspecified atom stereocenters. The normalized spacial score (nSPS) is 29.0. The molecule has 3 heteroatoms. The van der Waals surface area contributed by atoms with Crippen LogP contribution in [0.25, 0.3) is 0 Å². The first-order valence-corrected chi connectivity index (χ1v) is 5.32. The largest absolute Gasteiger partial charge is 0.465 e. The number of amides is 1. The van der Waals surface area contributed by atoms with Crippen LogP contribution in [0, 0.1) is 11.3 Å². The van der Waals surface area contributed by atoms with Gasteiger partial charge in [-0.15, -0.1) is 0 Å². The van der Waals surface area contributed by atoms with E-state index in [9.17, 15) is 4.79 Å². The summed E-state index contributed by atoms with van der Waals surface area (Å²) in [6.45, 7) is 9.25. The van der Waals surface area contributed by atoms with Gasteiger partial charge in [-0.1, -0.05) is 27.7 Å². The topological polar surface area (TPSA) is 40.5 Å². The molecule has 0 bridgehead atoms. The number of piperidine rings is 1. The van der Waals surface area contributed by atoms with Crippen molar-refractivity contribution in [2.75, 3.05) is 6.54 Å². The Morgan fingerprint density at radius 2 is 2.00 bits per heavy atom. The highest BCUT2D eigenvalue weighted by Crippen LogP contribution is 2.34. The lowest BCUT2D eigenvalue weighted by Crippen LogP contribution is -2.51. The Kier molecular flexibility index (Phi) is 3.07. The zero-order valence-corrected chi connectivity index (χ0v) is 9.58. The van der Waals surface area contributed by atoms with E-state index in [0.717, 1.165) is 12.8 Å². The zero-order chi connectivity index (χ0) is 10.9. The first-order valence-electron chi connectivity index (χ1n) is 5.32. The fraction of sp³-hybridized carbons (Fsp3) is 0.909. The summed E-state index contributed by atoms with van der Waals surface area (Å²) in [5.74, 6) is 0.648. The standard InChI is InChI=1S/C11H21NO2/c1-8-5-6-12(10(13)14)9(7-8)11(2,3)4/h8-9H,5-7H2,1-4H3,(H,13,14). The molecule has 1 N–H and O–H groups in total. The smallest absolute Gasteiger partial charge is 0.407 e. The van der Waals surface area contributed by atoms with Crippen molar-refractivity contribution in [3.05, 3.63) is 0 Å². The SMILES string of the molecule is CC1CCN(C(=O)O)C(C(C)(C)C)C1. The average molecular weight is 199 g/mol. The van der Waals surface area contributed by atoms with Gasteiger partial charge in [0.15, 0.2) is 0 Å². The molecule has 1 saturated heterocycles. The van der Waals surface area contributed by atoms with Gasteiger partial charge in [-0.3, -0.25) is 0 Å². The van der Waals surface area contributed by atoms with Crippen molar-refractivity contribution in [2.24, 2.45) is 11.3 Å².